The fourth-order valence-electron chi connectivity index (χ4n) is 4.65. The highest BCUT2D eigenvalue weighted by molar-refractivity contribution is 5.81. The summed E-state index contributed by atoms with van der Waals surface area (Å²) in [5.41, 5.74) is 1.38. The molecule has 3 atom stereocenters. The van der Waals surface area contributed by atoms with E-state index in [4.69, 9.17) is 0 Å². The van der Waals surface area contributed by atoms with Gasteiger partial charge in [0.15, 0.2) is 5.96 Å². The molecule has 2 saturated heterocycles. The smallest absolute Gasteiger partial charge is 0.224 e. The number of hydrogen-bond acceptors (Lipinski definition) is 3. The molecule has 1 aromatic carbocycles. The van der Waals surface area contributed by atoms with Crippen molar-refractivity contribution >= 4 is 11.9 Å². The molecule has 0 aliphatic carbocycles. The minimum absolute atomic E-state index is 0.257. The van der Waals surface area contributed by atoms with Gasteiger partial charge >= 0.3 is 0 Å². The van der Waals surface area contributed by atoms with E-state index >= 15 is 0 Å². The molecule has 2 aliphatic rings. The Morgan fingerprint density at radius 2 is 1.97 bits per heavy atom. The summed E-state index contributed by atoms with van der Waals surface area (Å²) in [4.78, 5) is 21.4. The van der Waals surface area contributed by atoms with Crippen LogP contribution in [0.25, 0.3) is 0 Å². The van der Waals surface area contributed by atoms with Crippen LogP contribution in [0.5, 0.6) is 0 Å². The van der Waals surface area contributed by atoms with Gasteiger partial charge in [0.2, 0.25) is 5.91 Å². The second-order valence-corrected chi connectivity index (χ2v) is 9.01. The molecule has 1 aromatic rings. The maximum Gasteiger partial charge on any atom is 0.224 e. The SMILES string of the molecule is CN=C(NCCC(=O)N1CCCC(C)C1)NC1CCN(Cc2ccccc2)C(C)C1. The highest BCUT2D eigenvalue weighted by Gasteiger charge is 2.26. The van der Waals surface area contributed by atoms with E-state index in [1.807, 2.05) is 4.90 Å². The number of nitrogens with one attached hydrogen (secondary N) is 2. The summed E-state index contributed by atoms with van der Waals surface area (Å²) in [7, 11) is 1.80. The minimum atomic E-state index is 0.257. The largest absolute Gasteiger partial charge is 0.356 e. The van der Waals surface area contributed by atoms with Crippen molar-refractivity contribution in [3.8, 4) is 0 Å². The number of amides is 1. The Kier molecular flexibility index (Phi) is 8.55. The van der Waals surface area contributed by atoms with E-state index in [1.165, 1.54) is 12.0 Å². The van der Waals surface area contributed by atoms with Gasteiger partial charge in [0.25, 0.3) is 0 Å². The molecule has 2 aliphatic heterocycles. The van der Waals surface area contributed by atoms with Gasteiger partial charge in [-0.1, -0.05) is 37.3 Å². The number of guanidine groups is 1. The average Bonchev–Trinajstić information content (AvgIpc) is 2.75. The number of benzene rings is 1. The van der Waals surface area contributed by atoms with Gasteiger partial charge in [-0.2, -0.15) is 0 Å². The zero-order chi connectivity index (χ0) is 21.3. The van der Waals surface area contributed by atoms with Crippen LogP contribution in [-0.4, -0.2) is 67.0 Å². The van der Waals surface area contributed by atoms with Crippen molar-refractivity contribution in [3.05, 3.63) is 35.9 Å². The van der Waals surface area contributed by atoms with Crippen molar-refractivity contribution in [2.45, 2.75) is 64.6 Å². The second kappa shape index (κ2) is 11.3. The van der Waals surface area contributed by atoms with Crippen LogP contribution >= 0.6 is 0 Å². The lowest BCUT2D eigenvalue weighted by atomic mass is 9.97. The topological polar surface area (TPSA) is 60.0 Å². The summed E-state index contributed by atoms with van der Waals surface area (Å²) in [5, 5.41) is 6.91. The van der Waals surface area contributed by atoms with Gasteiger partial charge in [-0.25, -0.2) is 0 Å². The third-order valence-corrected chi connectivity index (χ3v) is 6.45. The number of nitrogens with zero attached hydrogens (tertiary/aromatic N) is 3. The Morgan fingerprint density at radius 3 is 2.67 bits per heavy atom. The maximum absolute atomic E-state index is 12.5. The maximum atomic E-state index is 12.5. The summed E-state index contributed by atoms with van der Waals surface area (Å²) in [6.45, 7) is 9.09. The molecule has 2 heterocycles. The third kappa shape index (κ3) is 6.73. The first-order chi connectivity index (χ1) is 14.5. The molecule has 0 bridgehead atoms. The first-order valence-corrected chi connectivity index (χ1v) is 11.6. The standard InChI is InChI=1S/C24H39N5O/c1-19-8-7-14-29(17-19)23(30)11-13-26-24(25-3)27-22-12-15-28(20(2)16-22)18-21-9-5-4-6-10-21/h4-6,9-10,19-20,22H,7-8,11-18H2,1-3H3,(H2,25,26,27). The molecule has 0 saturated carbocycles. The van der Waals surface area contributed by atoms with E-state index in [-0.39, 0.29) is 5.91 Å². The van der Waals surface area contributed by atoms with E-state index < -0.39 is 0 Å². The summed E-state index contributed by atoms with van der Waals surface area (Å²) in [6, 6.07) is 11.6. The number of carbonyl (C=O) groups is 1. The molecule has 30 heavy (non-hydrogen) atoms. The molecule has 6 heteroatoms. The van der Waals surface area contributed by atoms with Crippen LogP contribution < -0.4 is 10.6 Å². The molecule has 3 rings (SSSR count). The molecule has 0 aromatic heterocycles. The first kappa shape index (κ1) is 22.6. The monoisotopic (exact) mass is 413 g/mol. The van der Waals surface area contributed by atoms with Gasteiger partial charge < -0.3 is 15.5 Å². The van der Waals surface area contributed by atoms with Crippen molar-refractivity contribution in [1.29, 1.82) is 0 Å². The number of hydrogen-bond donors (Lipinski definition) is 2. The number of piperidine rings is 2. The van der Waals surface area contributed by atoms with E-state index in [2.05, 4.69) is 64.7 Å². The molecule has 166 valence electrons. The Balaban J connectivity index is 1.38. The molecule has 3 unspecified atom stereocenters. The molecule has 0 spiro atoms. The zero-order valence-electron chi connectivity index (χ0n) is 18.9. The number of aliphatic imine (C=N–C) groups is 1. The fourth-order valence-corrected chi connectivity index (χ4v) is 4.65. The van der Waals surface area contributed by atoms with Crippen molar-refractivity contribution in [1.82, 2.24) is 20.4 Å². The van der Waals surface area contributed by atoms with E-state index in [9.17, 15) is 4.79 Å². The molecule has 6 nitrogen and oxygen atoms in total. The van der Waals surface area contributed by atoms with E-state index in [0.29, 0.717) is 31.0 Å². The molecule has 2 N–H and O–H groups in total. The fraction of sp³-hybridized carbons (Fsp3) is 0.667. The van der Waals surface area contributed by atoms with Crippen molar-refractivity contribution in [2.75, 3.05) is 33.2 Å². The van der Waals surface area contributed by atoms with Crippen molar-refractivity contribution in [2.24, 2.45) is 10.9 Å². The van der Waals surface area contributed by atoms with Crippen molar-refractivity contribution in [3.63, 3.8) is 0 Å². The van der Waals surface area contributed by atoms with Crippen LogP contribution in [-0.2, 0) is 11.3 Å². The Bertz CT molecular complexity index is 692. The molecule has 2 fully saturated rings. The summed E-state index contributed by atoms with van der Waals surface area (Å²) in [5.74, 6) is 1.69. The van der Waals surface area contributed by atoms with Gasteiger partial charge in [0, 0.05) is 58.3 Å². The van der Waals surface area contributed by atoms with Crippen LogP contribution in [0.1, 0.15) is 51.5 Å². The van der Waals surface area contributed by atoms with E-state index in [1.54, 1.807) is 7.05 Å². The number of rotatable bonds is 6. The van der Waals surface area contributed by atoms with Crippen LogP contribution in [0, 0.1) is 5.92 Å². The van der Waals surface area contributed by atoms with E-state index in [0.717, 1.165) is 51.4 Å². The third-order valence-electron chi connectivity index (χ3n) is 6.45. The minimum Gasteiger partial charge on any atom is -0.356 e. The van der Waals surface area contributed by atoms with Gasteiger partial charge in [-0.3, -0.25) is 14.7 Å². The van der Waals surface area contributed by atoms with Crippen LogP contribution in [0.4, 0.5) is 0 Å². The highest BCUT2D eigenvalue weighted by Crippen LogP contribution is 2.20. The second-order valence-electron chi connectivity index (χ2n) is 9.01. The van der Waals surface area contributed by atoms with Crippen LogP contribution in [0.3, 0.4) is 0 Å². The lowest BCUT2D eigenvalue weighted by Gasteiger charge is -2.38. The molecular weight excluding hydrogens is 374 g/mol. The Morgan fingerprint density at radius 1 is 1.17 bits per heavy atom. The van der Waals surface area contributed by atoms with Crippen LogP contribution in [0.2, 0.25) is 0 Å². The molecule has 1 amide bonds. The van der Waals surface area contributed by atoms with Gasteiger partial charge in [0.1, 0.15) is 0 Å². The van der Waals surface area contributed by atoms with Gasteiger partial charge in [-0.15, -0.1) is 0 Å². The van der Waals surface area contributed by atoms with Crippen LogP contribution in [0.15, 0.2) is 35.3 Å². The van der Waals surface area contributed by atoms with Crippen molar-refractivity contribution < 1.29 is 4.79 Å². The van der Waals surface area contributed by atoms with Gasteiger partial charge in [-0.05, 0) is 44.1 Å². The molecular formula is C24H39N5O. The predicted octanol–water partition coefficient (Wildman–Crippen LogP) is 2.85. The summed E-state index contributed by atoms with van der Waals surface area (Å²) >= 11 is 0. The Labute approximate surface area is 182 Å². The summed E-state index contributed by atoms with van der Waals surface area (Å²) in [6.07, 6.45) is 5.09. The quantitative estimate of drug-likeness (QED) is 0.556. The molecule has 0 radical (unpaired) electrons. The predicted molar refractivity (Wildman–Crippen MR) is 123 cm³/mol. The lowest BCUT2D eigenvalue weighted by Crippen LogP contribution is -2.51. The number of carbonyl (C=O) groups excluding carboxylic acids is 1. The normalized spacial score (nSPS) is 25.8. The summed E-state index contributed by atoms with van der Waals surface area (Å²) < 4.78 is 0. The Hall–Kier alpha value is -2.08. The zero-order valence-corrected chi connectivity index (χ0v) is 18.9. The van der Waals surface area contributed by atoms with Gasteiger partial charge in [0.05, 0.1) is 0 Å². The number of likely N-dealkylation sites (tertiary alicyclic amines) is 2. The highest BCUT2D eigenvalue weighted by atomic mass is 16.2. The first-order valence-electron chi connectivity index (χ1n) is 11.6. The lowest BCUT2D eigenvalue weighted by molar-refractivity contribution is -0.132. The average molecular weight is 414 g/mol.